The van der Waals surface area contributed by atoms with Gasteiger partial charge in [0.05, 0.1) is 22.8 Å². The lowest BCUT2D eigenvalue weighted by atomic mass is 10.00. The van der Waals surface area contributed by atoms with Crippen LogP contribution in [-0.4, -0.2) is 12.2 Å². The zero-order chi connectivity index (χ0) is 14.5. The molecule has 2 rings (SSSR count). The fourth-order valence-electron chi connectivity index (χ4n) is 2.06. The first-order chi connectivity index (χ1) is 9.60. The fourth-order valence-corrected chi connectivity index (χ4v) is 2.39. The van der Waals surface area contributed by atoms with E-state index in [0.717, 1.165) is 16.7 Å². The third-order valence-corrected chi connectivity index (χ3v) is 3.80. The van der Waals surface area contributed by atoms with Crippen molar-refractivity contribution in [2.24, 2.45) is 0 Å². The van der Waals surface area contributed by atoms with Gasteiger partial charge in [0.15, 0.2) is 0 Å². The molecule has 2 nitrogen and oxygen atoms in total. The highest BCUT2D eigenvalue weighted by molar-refractivity contribution is 6.42. The fraction of sp³-hybridized carbons (Fsp3) is 0.250. The van der Waals surface area contributed by atoms with Crippen LogP contribution in [0.1, 0.15) is 22.8 Å². The molecule has 4 heteroatoms. The molecule has 0 spiro atoms. The lowest BCUT2D eigenvalue weighted by Crippen LogP contribution is -2.03. The van der Waals surface area contributed by atoms with Gasteiger partial charge in [0.25, 0.3) is 0 Å². The van der Waals surface area contributed by atoms with E-state index in [1.165, 1.54) is 0 Å². The van der Waals surface area contributed by atoms with Crippen LogP contribution in [0.25, 0.3) is 0 Å². The van der Waals surface area contributed by atoms with Crippen molar-refractivity contribution in [3.63, 3.8) is 0 Å². The Hall–Kier alpha value is -1.06. The number of ether oxygens (including phenoxy) is 1. The van der Waals surface area contributed by atoms with E-state index in [4.69, 9.17) is 27.9 Å². The van der Waals surface area contributed by atoms with Crippen molar-refractivity contribution in [2.75, 3.05) is 7.11 Å². The van der Waals surface area contributed by atoms with Gasteiger partial charge in [-0.3, -0.25) is 0 Å². The Bertz CT molecular complexity index is 584. The van der Waals surface area contributed by atoms with Gasteiger partial charge in [0.2, 0.25) is 0 Å². The van der Waals surface area contributed by atoms with Crippen molar-refractivity contribution in [3.8, 4) is 0 Å². The van der Waals surface area contributed by atoms with E-state index >= 15 is 0 Å². The van der Waals surface area contributed by atoms with Crippen LogP contribution in [0.3, 0.4) is 0 Å². The maximum Gasteiger partial charge on any atom is 0.0830 e. The summed E-state index contributed by atoms with van der Waals surface area (Å²) in [5, 5.41) is 11.3. The molecule has 0 bridgehead atoms. The minimum atomic E-state index is -0.580. The Labute approximate surface area is 128 Å². The average Bonchev–Trinajstić information content (AvgIpc) is 2.43. The first-order valence-electron chi connectivity index (χ1n) is 6.30. The van der Waals surface area contributed by atoms with Crippen molar-refractivity contribution < 1.29 is 9.84 Å². The smallest absolute Gasteiger partial charge is 0.0830 e. The van der Waals surface area contributed by atoms with Crippen LogP contribution in [0.2, 0.25) is 10.0 Å². The lowest BCUT2D eigenvalue weighted by Gasteiger charge is -2.13. The lowest BCUT2D eigenvalue weighted by molar-refractivity contribution is 0.175. The third-order valence-electron chi connectivity index (χ3n) is 3.06. The molecule has 0 radical (unpaired) electrons. The molecule has 106 valence electrons. The molecular weight excluding hydrogens is 295 g/mol. The Balaban J connectivity index is 2.12. The zero-order valence-electron chi connectivity index (χ0n) is 11.1. The molecule has 0 heterocycles. The topological polar surface area (TPSA) is 29.5 Å². The van der Waals surface area contributed by atoms with Crippen molar-refractivity contribution in [1.29, 1.82) is 0 Å². The van der Waals surface area contributed by atoms with Crippen molar-refractivity contribution >= 4 is 23.2 Å². The number of halogens is 2. The monoisotopic (exact) mass is 310 g/mol. The molecule has 0 saturated heterocycles. The first-order valence-corrected chi connectivity index (χ1v) is 7.05. The summed E-state index contributed by atoms with van der Waals surface area (Å²) in [5.74, 6) is 0. The van der Waals surface area contributed by atoms with E-state index in [0.29, 0.717) is 23.1 Å². The molecular formula is C16H16Cl2O2. The minimum Gasteiger partial charge on any atom is -0.388 e. The number of aliphatic hydroxyl groups excluding tert-OH is 1. The molecule has 0 aliphatic carbocycles. The molecule has 0 amide bonds. The summed E-state index contributed by atoms with van der Waals surface area (Å²) < 4.78 is 5.10. The standard InChI is InChI=1S/C16H16Cl2O2/c1-20-10-12-3-2-4-13(7-12)16(19)9-11-5-6-14(17)15(18)8-11/h2-8,16,19H,9-10H2,1H3. The Kier molecular flexibility index (Phi) is 5.44. The Morgan fingerprint density at radius 3 is 2.55 bits per heavy atom. The third kappa shape index (κ3) is 3.97. The zero-order valence-corrected chi connectivity index (χ0v) is 12.7. The SMILES string of the molecule is COCc1cccc(C(O)Cc2ccc(Cl)c(Cl)c2)c1. The average molecular weight is 311 g/mol. The van der Waals surface area contributed by atoms with E-state index < -0.39 is 6.10 Å². The van der Waals surface area contributed by atoms with Crippen LogP contribution >= 0.6 is 23.2 Å². The number of hydrogen-bond acceptors (Lipinski definition) is 2. The molecule has 2 aromatic carbocycles. The second kappa shape index (κ2) is 7.09. The van der Waals surface area contributed by atoms with Gasteiger partial charge in [-0.15, -0.1) is 0 Å². The molecule has 0 aromatic heterocycles. The predicted molar refractivity (Wildman–Crippen MR) is 82.3 cm³/mol. The predicted octanol–water partition coefficient (Wildman–Crippen LogP) is 4.42. The van der Waals surface area contributed by atoms with Crippen LogP contribution in [0, 0.1) is 0 Å². The number of hydrogen-bond donors (Lipinski definition) is 1. The highest BCUT2D eigenvalue weighted by atomic mass is 35.5. The summed E-state index contributed by atoms with van der Waals surface area (Å²) >= 11 is 11.9. The minimum absolute atomic E-state index is 0.493. The highest BCUT2D eigenvalue weighted by Gasteiger charge is 2.10. The van der Waals surface area contributed by atoms with Gasteiger partial charge in [0, 0.05) is 13.5 Å². The first kappa shape index (κ1) is 15.3. The molecule has 0 aliphatic rings. The quantitative estimate of drug-likeness (QED) is 0.886. The van der Waals surface area contributed by atoms with Crippen molar-refractivity contribution in [3.05, 3.63) is 69.2 Å². The van der Waals surface area contributed by atoms with Gasteiger partial charge in [0.1, 0.15) is 0 Å². The molecule has 0 saturated carbocycles. The maximum absolute atomic E-state index is 10.3. The Morgan fingerprint density at radius 1 is 1.05 bits per heavy atom. The summed E-state index contributed by atoms with van der Waals surface area (Å²) in [6.07, 6.45) is -0.0862. The number of aliphatic hydroxyl groups is 1. The molecule has 0 fully saturated rings. The summed E-state index contributed by atoms with van der Waals surface area (Å²) in [7, 11) is 1.65. The largest absolute Gasteiger partial charge is 0.388 e. The summed E-state index contributed by atoms with van der Waals surface area (Å²) in [6, 6.07) is 13.1. The second-order valence-corrected chi connectivity index (χ2v) is 5.46. The van der Waals surface area contributed by atoms with E-state index in [-0.39, 0.29) is 0 Å². The van der Waals surface area contributed by atoms with Gasteiger partial charge in [-0.1, -0.05) is 53.5 Å². The molecule has 2 aromatic rings. The van der Waals surface area contributed by atoms with Gasteiger partial charge < -0.3 is 9.84 Å². The summed E-state index contributed by atoms with van der Waals surface area (Å²) in [5.41, 5.74) is 2.85. The van der Waals surface area contributed by atoms with Crippen molar-refractivity contribution in [2.45, 2.75) is 19.1 Å². The molecule has 20 heavy (non-hydrogen) atoms. The van der Waals surface area contributed by atoms with E-state index in [1.54, 1.807) is 19.2 Å². The van der Waals surface area contributed by atoms with E-state index in [9.17, 15) is 5.11 Å². The second-order valence-electron chi connectivity index (χ2n) is 4.65. The van der Waals surface area contributed by atoms with Crippen LogP contribution in [0.15, 0.2) is 42.5 Å². The maximum atomic E-state index is 10.3. The summed E-state index contributed by atoms with van der Waals surface area (Å²) in [6.45, 7) is 0.535. The number of benzene rings is 2. The van der Waals surface area contributed by atoms with Gasteiger partial charge in [-0.05, 0) is 28.8 Å². The van der Waals surface area contributed by atoms with Crippen molar-refractivity contribution in [1.82, 2.24) is 0 Å². The Morgan fingerprint density at radius 2 is 1.85 bits per heavy atom. The van der Waals surface area contributed by atoms with E-state index in [2.05, 4.69) is 0 Å². The van der Waals surface area contributed by atoms with Crippen LogP contribution in [0.5, 0.6) is 0 Å². The van der Waals surface area contributed by atoms with Crippen LogP contribution in [-0.2, 0) is 17.8 Å². The molecule has 1 atom stereocenters. The number of rotatable bonds is 5. The van der Waals surface area contributed by atoms with Crippen LogP contribution < -0.4 is 0 Å². The van der Waals surface area contributed by atoms with Gasteiger partial charge in [-0.2, -0.15) is 0 Å². The molecule has 1 N–H and O–H groups in total. The highest BCUT2D eigenvalue weighted by Crippen LogP contribution is 2.26. The van der Waals surface area contributed by atoms with Crippen LogP contribution in [0.4, 0.5) is 0 Å². The summed E-state index contributed by atoms with van der Waals surface area (Å²) in [4.78, 5) is 0. The van der Waals surface area contributed by atoms with Gasteiger partial charge in [-0.25, -0.2) is 0 Å². The van der Waals surface area contributed by atoms with E-state index in [1.807, 2.05) is 30.3 Å². The number of methoxy groups -OCH3 is 1. The molecule has 0 aliphatic heterocycles. The molecule has 1 unspecified atom stereocenters. The normalized spacial score (nSPS) is 12.4. The van der Waals surface area contributed by atoms with Gasteiger partial charge >= 0.3 is 0 Å².